The highest BCUT2D eigenvalue weighted by atomic mass is 19.1. The first-order valence-electron chi connectivity index (χ1n) is 6.75. The molecule has 0 aliphatic heterocycles. The molecule has 112 valence electrons. The van der Waals surface area contributed by atoms with E-state index in [0.717, 1.165) is 18.9 Å². The van der Waals surface area contributed by atoms with Crippen molar-refractivity contribution in [2.24, 2.45) is 0 Å². The summed E-state index contributed by atoms with van der Waals surface area (Å²) in [6.45, 7) is 4.95. The molecule has 0 atom stereocenters. The minimum absolute atomic E-state index is 0.116. The molecule has 0 spiro atoms. The van der Waals surface area contributed by atoms with Gasteiger partial charge in [-0.2, -0.15) is 4.39 Å². The van der Waals surface area contributed by atoms with Gasteiger partial charge in [-0.15, -0.1) is 0 Å². The van der Waals surface area contributed by atoms with Crippen molar-refractivity contribution in [3.8, 4) is 0 Å². The zero-order valence-corrected chi connectivity index (χ0v) is 12.1. The summed E-state index contributed by atoms with van der Waals surface area (Å²) in [5, 5.41) is 11.1. The molecule has 0 amide bonds. The maximum Gasteiger partial charge on any atom is 0.327 e. The zero-order valence-electron chi connectivity index (χ0n) is 12.1. The smallest absolute Gasteiger partial charge is 0.327 e. The van der Waals surface area contributed by atoms with E-state index in [-0.39, 0.29) is 6.04 Å². The Labute approximate surface area is 118 Å². The van der Waals surface area contributed by atoms with Crippen molar-refractivity contribution in [3.05, 3.63) is 34.1 Å². The summed E-state index contributed by atoms with van der Waals surface area (Å²) in [6.07, 6.45) is 1.65. The number of nitro benzene ring substituents is 1. The fraction of sp³-hybridized carbons (Fsp3) is 0.571. The molecule has 1 aromatic rings. The zero-order chi connectivity index (χ0) is 15.1. The Hall–Kier alpha value is -1.69. The minimum Gasteiger partial charge on any atom is -0.383 e. The summed E-state index contributed by atoms with van der Waals surface area (Å²) in [6, 6.07) is 4.32. The molecule has 0 saturated carbocycles. The van der Waals surface area contributed by atoms with Crippen LogP contribution < -0.4 is 4.90 Å². The third kappa shape index (κ3) is 3.66. The van der Waals surface area contributed by atoms with Crippen molar-refractivity contribution in [2.45, 2.75) is 32.7 Å². The molecule has 0 radical (unpaired) electrons. The van der Waals surface area contributed by atoms with Gasteiger partial charge in [-0.05, 0) is 25.0 Å². The molecule has 0 aliphatic rings. The summed E-state index contributed by atoms with van der Waals surface area (Å²) >= 11 is 0. The topological polar surface area (TPSA) is 55.6 Å². The summed E-state index contributed by atoms with van der Waals surface area (Å²) in [4.78, 5) is 12.3. The summed E-state index contributed by atoms with van der Waals surface area (Å²) in [7, 11) is 1.57. The van der Waals surface area contributed by atoms with Gasteiger partial charge in [0.1, 0.15) is 5.69 Å². The summed E-state index contributed by atoms with van der Waals surface area (Å²) in [5.74, 6) is -0.805. The summed E-state index contributed by atoms with van der Waals surface area (Å²) in [5.41, 5.74) is -0.142. The normalized spacial score (nSPS) is 10.8. The molecule has 0 aliphatic carbocycles. The molecule has 5 nitrogen and oxygen atoms in total. The predicted molar refractivity (Wildman–Crippen MR) is 76.6 cm³/mol. The Bertz CT molecular complexity index is 450. The van der Waals surface area contributed by atoms with Gasteiger partial charge in [0.15, 0.2) is 0 Å². The van der Waals surface area contributed by atoms with Crippen LogP contribution in [0.2, 0.25) is 0 Å². The molecule has 1 rings (SSSR count). The van der Waals surface area contributed by atoms with Gasteiger partial charge in [0.25, 0.3) is 0 Å². The minimum atomic E-state index is -0.805. The number of nitrogens with zero attached hydrogens (tertiary/aromatic N) is 2. The van der Waals surface area contributed by atoms with E-state index in [4.69, 9.17) is 4.74 Å². The number of anilines is 1. The second kappa shape index (κ2) is 7.79. The van der Waals surface area contributed by atoms with Gasteiger partial charge in [0.2, 0.25) is 5.82 Å². The van der Waals surface area contributed by atoms with Gasteiger partial charge >= 0.3 is 5.69 Å². The first-order valence-corrected chi connectivity index (χ1v) is 6.75. The Morgan fingerprint density at radius 1 is 1.40 bits per heavy atom. The molecule has 0 aromatic heterocycles. The SMILES string of the molecule is CCC(CC)N(CCOC)c1cccc(F)c1[N+](=O)[O-]. The number of hydrogen-bond donors (Lipinski definition) is 0. The lowest BCUT2D eigenvalue weighted by atomic mass is 10.1. The van der Waals surface area contributed by atoms with Crippen LogP contribution in [0.4, 0.5) is 15.8 Å². The molecule has 6 heteroatoms. The van der Waals surface area contributed by atoms with Crippen molar-refractivity contribution in [2.75, 3.05) is 25.2 Å². The predicted octanol–water partition coefficient (Wildman–Crippen LogP) is 3.38. The Kier molecular flexibility index (Phi) is 6.38. The maximum atomic E-state index is 13.8. The molecule has 0 N–H and O–H groups in total. The first-order chi connectivity index (χ1) is 9.56. The van der Waals surface area contributed by atoms with Crippen LogP contribution in [0.1, 0.15) is 26.7 Å². The average Bonchev–Trinajstić information content (AvgIpc) is 2.42. The van der Waals surface area contributed by atoms with Crippen LogP contribution in [0, 0.1) is 15.9 Å². The molecular formula is C14H21FN2O3. The van der Waals surface area contributed by atoms with E-state index in [1.807, 2.05) is 18.7 Å². The Morgan fingerprint density at radius 2 is 2.05 bits per heavy atom. The van der Waals surface area contributed by atoms with Gasteiger partial charge in [0.05, 0.1) is 11.5 Å². The number of nitro groups is 1. The first kappa shape index (κ1) is 16.4. The Balaban J connectivity index is 3.25. The van der Waals surface area contributed by atoms with Gasteiger partial charge in [-0.3, -0.25) is 10.1 Å². The molecule has 20 heavy (non-hydrogen) atoms. The molecule has 0 unspecified atom stereocenters. The van der Waals surface area contributed by atoms with Crippen molar-refractivity contribution in [1.82, 2.24) is 0 Å². The molecule has 0 fully saturated rings. The highest BCUT2D eigenvalue weighted by Gasteiger charge is 2.27. The monoisotopic (exact) mass is 284 g/mol. The third-order valence-electron chi connectivity index (χ3n) is 3.38. The van der Waals surface area contributed by atoms with Gasteiger partial charge in [-0.25, -0.2) is 0 Å². The van der Waals surface area contributed by atoms with Crippen molar-refractivity contribution >= 4 is 11.4 Å². The summed E-state index contributed by atoms with van der Waals surface area (Å²) < 4.78 is 18.8. The second-order valence-electron chi connectivity index (χ2n) is 4.52. The number of hydrogen-bond acceptors (Lipinski definition) is 4. The fourth-order valence-electron chi connectivity index (χ4n) is 2.34. The van der Waals surface area contributed by atoms with E-state index in [0.29, 0.717) is 18.8 Å². The van der Waals surface area contributed by atoms with Gasteiger partial charge in [-0.1, -0.05) is 19.9 Å². The van der Waals surface area contributed by atoms with E-state index in [1.54, 1.807) is 13.2 Å². The van der Waals surface area contributed by atoms with Crippen molar-refractivity contribution in [3.63, 3.8) is 0 Å². The van der Waals surface area contributed by atoms with Gasteiger partial charge in [0, 0.05) is 19.7 Å². The molecule has 0 bridgehead atoms. The highest BCUT2D eigenvalue weighted by Crippen LogP contribution is 2.33. The molecule has 0 saturated heterocycles. The number of benzene rings is 1. The van der Waals surface area contributed by atoms with Crippen LogP contribution in [0.5, 0.6) is 0 Å². The van der Waals surface area contributed by atoms with Gasteiger partial charge < -0.3 is 9.64 Å². The quantitative estimate of drug-likeness (QED) is 0.542. The molecule has 0 heterocycles. The van der Waals surface area contributed by atoms with Crippen LogP contribution in [0.3, 0.4) is 0 Å². The van der Waals surface area contributed by atoms with E-state index in [2.05, 4.69) is 0 Å². The third-order valence-corrected chi connectivity index (χ3v) is 3.38. The van der Waals surface area contributed by atoms with Crippen molar-refractivity contribution < 1.29 is 14.1 Å². The lowest BCUT2D eigenvalue weighted by molar-refractivity contribution is -0.386. The van der Waals surface area contributed by atoms with Crippen molar-refractivity contribution in [1.29, 1.82) is 0 Å². The lowest BCUT2D eigenvalue weighted by Gasteiger charge is -2.32. The van der Waals surface area contributed by atoms with Crippen LogP contribution in [-0.2, 0) is 4.74 Å². The van der Waals surface area contributed by atoms with Crippen LogP contribution in [0.25, 0.3) is 0 Å². The highest BCUT2D eigenvalue weighted by molar-refractivity contribution is 5.64. The Morgan fingerprint density at radius 3 is 2.55 bits per heavy atom. The van der Waals surface area contributed by atoms with E-state index in [9.17, 15) is 14.5 Å². The number of halogens is 1. The number of para-hydroxylation sites is 1. The van der Waals surface area contributed by atoms with Crippen LogP contribution >= 0.6 is 0 Å². The average molecular weight is 284 g/mol. The number of ether oxygens (including phenoxy) is 1. The van der Waals surface area contributed by atoms with E-state index >= 15 is 0 Å². The standard InChI is InChI=1S/C14H21FN2O3/c1-4-11(5-2)16(9-10-20-3)13-8-6-7-12(15)14(13)17(18)19/h6-8,11H,4-5,9-10H2,1-3H3. The van der Waals surface area contributed by atoms with E-state index < -0.39 is 16.4 Å². The lowest BCUT2D eigenvalue weighted by Crippen LogP contribution is -2.37. The van der Waals surface area contributed by atoms with Crippen LogP contribution in [0.15, 0.2) is 18.2 Å². The largest absolute Gasteiger partial charge is 0.383 e. The van der Waals surface area contributed by atoms with E-state index in [1.165, 1.54) is 6.07 Å². The molecular weight excluding hydrogens is 263 g/mol. The number of rotatable bonds is 8. The second-order valence-corrected chi connectivity index (χ2v) is 4.52. The molecule has 1 aromatic carbocycles. The number of methoxy groups -OCH3 is 1. The maximum absolute atomic E-state index is 13.8. The fourth-order valence-corrected chi connectivity index (χ4v) is 2.34. The van der Waals surface area contributed by atoms with Crippen LogP contribution in [-0.4, -0.2) is 31.2 Å².